The van der Waals surface area contributed by atoms with Crippen molar-refractivity contribution in [1.29, 1.82) is 0 Å². The molecule has 34 heavy (non-hydrogen) atoms. The van der Waals surface area contributed by atoms with Crippen LogP contribution >= 0.6 is 23.2 Å². The van der Waals surface area contributed by atoms with E-state index in [1.807, 2.05) is 45.0 Å². The minimum Gasteiger partial charge on any atom is -0.354 e. The third kappa shape index (κ3) is 8.18. The average Bonchev–Trinajstić information content (AvgIpc) is 2.71. The number of anilines is 1. The van der Waals surface area contributed by atoms with Crippen molar-refractivity contribution in [3.63, 3.8) is 0 Å². The summed E-state index contributed by atoms with van der Waals surface area (Å²) >= 11 is 12.1. The molecule has 186 valence electrons. The number of carbonyl (C=O) groups excluding carboxylic acids is 2. The van der Waals surface area contributed by atoms with Gasteiger partial charge in [-0.05, 0) is 43.5 Å². The molecule has 0 spiro atoms. The third-order valence-electron chi connectivity index (χ3n) is 5.10. The van der Waals surface area contributed by atoms with E-state index >= 15 is 0 Å². The Labute approximate surface area is 212 Å². The van der Waals surface area contributed by atoms with Gasteiger partial charge in [0.15, 0.2) is 0 Å². The van der Waals surface area contributed by atoms with Gasteiger partial charge in [-0.2, -0.15) is 0 Å². The fourth-order valence-corrected chi connectivity index (χ4v) is 4.69. The second kappa shape index (κ2) is 11.9. The first-order chi connectivity index (χ1) is 15.8. The van der Waals surface area contributed by atoms with Crippen LogP contribution in [0.15, 0.2) is 42.5 Å². The smallest absolute Gasteiger partial charge is 0.244 e. The quantitative estimate of drug-likeness (QED) is 0.500. The molecule has 0 unspecified atom stereocenters. The number of amides is 2. The molecule has 2 aromatic rings. The lowest BCUT2D eigenvalue weighted by atomic mass is 10.1. The van der Waals surface area contributed by atoms with Gasteiger partial charge in [-0.3, -0.25) is 13.9 Å². The number of benzene rings is 2. The van der Waals surface area contributed by atoms with Crippen molar-refractivity contribution in [1.82, 2.24) is 10.2 Å². The maximum atomic E-state index is 13.5. The molecule has 0 aromatic heterocycles. The second-order valence-corrected chi connectivity index (χ2v) is 11.5. The zero-order chi connectivity index (χ0) is 25.6. The maximum Gasteiger partial charge on any atom is 0.244 e. The Morgan fingerprint density at radius 3 is 2.18 bits per heavy atom. The Hall–Kier alpha value is -2.29. The van der Waals surface area contributed by atoms with Crippen LogP contribution in [0.3, 0.4) is 0 Å². The summed E-state index contributed by atoms with van der Waals surface area (Å²) in [6, 6.07) is 11.1. The molecule has 0 aliphatic rings. The van der Waals surface area contributed by atoms with Crippen LogP contribution in [-0.2, 0) is 26.2 Å². The van der Waals surface area contributed by atoms with E-state index in [-0.39, 0.29) is 34.1 Å². The fourth-order valence-electron chi connectivity index (χ4n) is 3.34. The molecule has 0 aliphatic heterocycles. The summed E-state index contributed by atoms with van der Waals surface area (Å²) in [5, 5.41) is 3.32. The number of sulfonamides is 1. The first-order valence-electron chi connectivity index (χ1n) is 10.8. The molecule has 2 amide bonds. The van der Waals surface area contributed by atoms with E-state index in [0.717, 1.165) is 21.7 Å². The van der Waals surface area contributed by atoms with Crippen molar-refractivity contribution >= 4 is 50.7 Å². The normalized spacial score (nSPS) is 12.4. The zero-order valence-electron chi connectivity index (χ0n) is 20.0. The lowest BCUT2D eigenvalue weighted by Gasteiger charge is -2.31. The molecule has 0 saturated heterocycles. The van der Waals surface area contributed by atoms with Gasteiger partial charge in [-0.15, -0.1) is 0 Å². The summed E-state index contributed by atoms with van der Waals surface area (Å²) in [6.45, 7) is 7.61. The van der Waals surface area contributed by atoms with Gasteiger partial charge in [0.2, 0.25) is 21.8 Å². The standard InChI is InChI=1S/C24H31Cl2N3O4S/c1-16(2)13-27-24(31)18(4)28(14-19-8-6-7-17(3)9-19)23(30)15-29(34(5,32)33)22-11-20(25)10-21(26)12-22/h6-12,16,18H,13-15H2,1-5H3,(H,27,31)/t18-/m0/s1. The minimum absolute atomic E-state index is 0.144. The van der Waals surface area contributed by atoms with Crippen molar-refractivity contribution in [3.05, 3.63) is 63.6 Å². The SMILES string of the molecule is Cc1cccc(CN(C(=O)CN(c2cc(Cl)cc(Cl)c2)S(C)(=O)=O)[C@@H](C)C(=O)NCC(C)C)c1. The van der Waals surface area contributed by atoms with Gasteiger partial charge in [0.05, 0.1) is 11.9 Å². The molecule has 0 fully saturated rings. The van der Waals surface area contributed by atoms with Gasteiger partial charge in [0, 0.05) is 23.1 Å². The lowest BCUT2D eigenvalue weighted by molar-refractivity contribution is -0.139. The second-order valence-electron chi connectivity index (χ2n) is 8.72. The van der Waals surface area contributed by atoms with Gasteiger partial charge < -0.3 is 10.2 Å². The molecule has 0 radical (unpaired) electrons. The molecular formula is C24H31Cl2N3O4S. The highest BCUT2D eigenvalue weighted by Crippen LogP contribution is 2.27. The Kier molecular flexibility index (Phi) is 9.79. The van der Waals surface area contributed by atoms with Gasteiger partial charge in [-0.25, -0.2) is 8.42 Å². The molecule has 2 aromatic carbocycles. The minimum atomic E-state index is -3.86. The molecule has 1 atom stereocenters. The predicted octanol–water partition coefficient (Wildman–Crippen LogP) is 4.26. The highest BCUT2D eigenvalue weighted by Gasteiger charge is 2.30. The van der Waals surface area contributed by atoms with Crippen LogP contribution < -0.4 is 9.62 Å². The first-order valence-corrected chi connectivity index (χ1v) is 13.4. The van der Waals surface area contributed by atoms with Crippen molar-refractivity contribution in [3.8, 4) is 0 Å². The van der Waals surface area contributed by atoms with E-state index in [2.05, 4.69) is 5.32 Å². The van der Waals surface area contributed by atoms with E-state index in [1.165, 1.54) is 23.1 Å². The number of aryl methyl sites for hydroxylation is 1. The largest absolute Gasteiger partial charge is 0.354 e. The van der Waals surface area contributed by atoms with Crippen LogP contribution in [-0.4, -0.2) is 50.5 Å². The van der Waals surface area contributed by atoms with E-state index in [4.69, 9.17) is 23.2 Å². The molecule has 0 saturated carbocycles. The van der Waals surface area contributed by atoms with Crippen LogP contribution in [0.25, 0.3) is 0 Å². The molecule has 7 nitrogen and oxygen atoms in total. The fraction of sp³-hybridized carbons (Fsp3) is 0.417. The Balaban J connectivity index is 2.40. The zero-order valence-corrected chi connectivity index (χ0v) is 22.3. The number of nitrogens with one attached hydrogen (secondary N) is 1. The van der Waals surface area contributed by atoms with Gasteiger partial charge in [-0.1, -0.05) is 66.9 Å². The molecule has 0 bridgehead atoms. The maximum absolute atomic E-state index is 13.5. The summed E-state index contributed by atoms with van der Waals surface area (Å²) in [6.07, 6.45) is 0.999. The molecule has 0 heterocycles. The topological polar surface area (TPSA) is 86.8 Å². The number of hydrogen-bond acceptors (Lipinski definition) is 4. The number of rotatable bonds is 10. The van der Waals surface area contributed by atoms with Crippen LogP contribution in [0.4, 0.5) is 5.69 Å². The average molecular weight is 529 g/mol. The summed E-state index contributed by atoms with van der Waals surface area (Å²) in [5.41, 5.74) is 2.00. The summed E-state index contributed by atoms with van der Waals surface area (Å²) in [5.74, 6) is -0.605. The third-order valence-corrected chi connectivity index (χ3v) is 6.68. The van der Waals surface area contributed by atoms with Gasteiger partial charge in [0.1, 0.15) is 12.6 Å². The Morgan fingerprint density at radius 1 is 1.03 bits per heavy atom. The van der Waals surface area contributed by atoms with Crippen LogP contribution in [0.1, 0.15) is 31.9 Å². The van der Waals surface area contributed by atoms with E-state index in [0.29, 0.717) is 6.54 Å². The molecule has 1 N–H and O–H groups in total. The van der Waals surface area contributed by atoms with Gasteiger partial charge >= 0.3 is 0 Å². The van der Waals surface area contributed by atoms with E-state index in [9.17, 15) is 18.0 Å². The van der Waals surface area contributed by atoms with Crippen molar-refractivity contribution < 1.29 is 18.0 Å². The predicted molar refractivity (Wildman–Crippen MR) is 138 cm³/mol. The van der Waals surface area contributed by atoms with Gasteiger partial charge in [0.25, 0.3) is 0 Å². The van der Waals surface area contributed by atoms with E-state index in [1.54, 1.807) is 6.92 Å². The van der Waals surface area contributed by atoms with Crippen molar-refractivity contribution in [2.75, 3.05) is 23.7 Å². The van der Waals surface area contributed by atoms with Crippen molar-refractivity contribution in [2.24, 2.45) is 5.92 Å². The highest BCUT2D eigenvalue weighted by molar-refractivity contribution is 7.92. The van der Waals surface area contributed by atoms with Crippen LogP contribution in [0.5, 0.6) is 0 Å². The Morgan fingerprint density at radius 2 is 1.65 bits per heavy atom. The highest BCUT2D eigenvalue weighted by atomic mass is 35.5. The molecule has 2 rings (SSSR count). The van der Waals surface area contributed by atoms with Crippen molar-refractivity contribution in [2.45, 2.75) is 40.3 Å². The number of hydrogen-bond donors (Lipinski definition) is 1. The number of nitrogens with zero attached hydrogens (tertiary/aromatic N) is 2. The number of carbonyl (C=O) groups is 2. The molecule has 10 heteroatoms. The first kappa shape index (κ1) is 28.0. The number of halogens is 2. The molecular weight excluding hydrogens is 497 g/mol. The summed E-state index contributed by atoms with van der Waals surface area (Å²) in [4.78, 5) is 27.7. The van der Waals surface area contributed by atoms with Crippen LogP contribution in [0, 0.1) is 12.8 Å². The van der Waals surface area contributed by atoms with E-state index < -0.39 is 28.5 Å². The lowest BCUT2D eigenvalue weighted by Crippen LogP contribution is -2.51. The van der Waals surface area contributed by atoms with Crippen LogP contribution in [0.2, 0.25) is 10.0 Å². The monoisotopic (exact) mass is 527 g/mol. The Bertz CT molecular complexity index is 1120. The summed E-state index contributed by atoms with van der Waals surface area (Å²) < 4.78 is 26.1. The summed E-state index contributed by atoms with van der Waals surface area (Å²) in [7, 11) is -3.86. The molecule has 0 aliphatic carbocycles.